The molecule has 0 aromatic heterocycles. The van der Waals surface area contributed by atoms with Gasteiger partial charge in [-0.1, -0.05) is 0 Å². The van der Waals surface area contributed by atoms with E-state index >= 15 is 0 Å². The van der Waals surface area contributed by atoms with E-state index in [2.05, 4.69) is 22.6 Å². The summed E-state index contributed by atoms with van der Waals surface area (Å²) < 4.78 is 0. The number of piperidine rings is 1. The Morgan fingerprint density at radius 3 is 2.60 bits per heavy atom. The van der Waals surface area contributed by atoms with Gasteiger partial charge in [0.2, 0.25) is 0 Å². The molecule has 0 aromatic carbocycles. The molecule has 1 aliphatic heterocycles. The molecule has 15 heavy (non-hydrogen) atoms. The fourth-order valence-electron chi connectivity index (χ4n) is 1.93. The third-order valence-electron chi connectivity index (χ3n) is 3.01. The van der Waals surface area contributed by atoms with Crippen molar-refractivity contribution in [1.82, 2.24) is 15.5 Å². The summed E-state index contributed by atoms with van der Waals surface area (Å²) in [4.78, 5) is 2.40. The molecule has 0 bridgehead atoms. The Morgan fingerprint density at radius 1 is 1.20 bits per heavy atom. The van der Waals surface area contributed by atoms with Gasteiger partial charge in [0.15, 0.2) is 0 Å². The van der Waals surface area contributed by atoms with Crippen molar-refractivity contribution in [3.05, 3.63) is 0 Å². The van der Waals surface area contributed by atoms with Crippen LogP contribution in [0, 0.1) is 0 Å². The molecule has 1 rings (SSSR count). The molecule has 4 nitrogen and oxygen atoms in total. The summed E-state index contributed by atoms with van der Waals surface area (Å²) in [5.74, 6) is 0. The van der Waals surface area contributed by atoms with Crippen LogP contribution in [-0.4, -0.2) is 57.3 Å². The number of nitrogens with zero attached hydrogens (tertiary/aromatic N) is 1. The number of nitrogens with one attached hydrogen (secondary N) is 2. The molecule has 90 valence electrons. The molecule has 0 unspecified atom stereocenters. The van der Waals surface area contributed by atoms with Crippen molar-refractivity contribution in [3.8, 4) is 0 Å². The lowest BCUT2D eigenvalue weighted by Gasteiger charge is -2.29. The van der Waals surface area contributed by atoms with Gasteiger partial charge in [-0.15, -0.1) is 0 Å². The van der Waals surface area contributed by atoms with Crippen LogP contribution >= 0.6 is 0 Å². The number of hydrogen-bond donors (Lipinski definition) is 3. The predicted molar refractivity (Wildman–Crippen MR) is 65.1 cm³/mol. The number of hydrogen-bond acceptors (Lipinski definition) is 4. The largest absolute Gasteiger partial charge is 0.330 e. The highest BCUT2D eigenvalue weighted by molar-refractivity contribution is 4.75. The highest BCUT2D eigenvalue weighted by atomic mass is 15.1. The third kappa shape index (κ3) is 6.10. The first kappa shape index (κ1) is 12.9. The van der Waals surface area contributed by atoms with Crippen molar-refractivity contribution < 1.29 is 0 Å². The van der Waals surface area contributed by atoms with Crippen molar-refractivity contribution in [1.29, 1.82) is 0 Å². The lowest BCUT2D eigenvalue weighted by atomic mass is 10.1. The van der Waals surface area contributed by atoms with Gasteiger partial charge >= 0.3 is 0 Å². The fraction of sp³-hybridized carbons (Fsp3) is 1.00. The lowest BCUT2D eigenvalue weighted by molar-refractivity contribution is 0.235. The van der Waals surface area contributed by atoms with Crippen LogP contribution in [0.5, 0.6) is 0 Å². The lowest BCUT2D eigenvalue weighted by Crippen LogP contribution is -2.43. The zero-order valence-electron chi connectivity index (χ0n) is 9.97. The molecule has 0 aliphatic carbocycles. The highest BCUT2D eigenvalue weighted by Crippen LogP contribution is 2.07. The summed E-state index contributed by atoms with van der Waals surface area (Å²) in [6.07, 6.45) is 3.66. The predicted octanol–water partition coefficient (Wildman–Crippen LogP) is -0.391. The standard InChI is InChI=1S/C11H26N4/c1-15-9-3-11(4-10-15)14-8-7-13-6-2-5-12/h11,13-14H,2-10,12H2,1H3. The first-order chi connectivity index (χ1) is 7.33. The number of likely N-dealkylation sites (tertiary alicyclic amines) is 1. The van der Waals surface area contributed by atoms with Crippen LogP contribution in [0.15, 0.2) is 0 Å². The average Bonchev–Trinajstić information content (AvgIpc) is 2.26. The molecule has 4 heteroatoms. The van der Waals surface area contributed by atoms with Crippen LogP contribution in [-0.2, 0) is 0 Å². The molecular weight excluding hydrogens is 188 g/mol. The molecule has 1 aliphatic rings. The minimum atomic E-state index is 0.734. The van der Waals surface area contributed by atoms with Gasteiger partial charge in [0.25, 0.3) is 0 Å². The van der Waals surface area contributed by atoms with E-state index in [1.54, 1.807) is 0 Å². The average molecular weight is 214 g/mol. The molecule has 0 amide bonds. The van der Waals surface area contributed by atoms with E-state index in [-0.39, 0.29) is 0 Å². The molecule has 1 saturated heterocycles. The van der Waals surface area contributed by atoms with Gasteiger partial charge in [-0.2, -0.15) is 0 Å². The molecule has 0 radical (unpaired) electrons. The van der Waals surface area contributed by atoms with E-state index < -0.39 is 0 Å². The van der Waals surface area contributed by atoms with Gasteiger partial charge in [0, 0.05) is 19.1 Å². The van der Waals surface area contributed by atoms with E-state index in [0.717, 1.165) is 38.6 Å². The van der Waals surface area contributed by atoms with Crippen LogP contribution < -0.4 is 16.4 Å². The van der Waals surface area contributed by atoms with Gasteiger partial charge < -0.3 is 21.3 Å². The van der Waals surface area contributed by atoms with E-state index in [1.807, 2.05) is 0 Å². The van der Waals surface area contributed by atoms with E-state index in [0.29, 0.717) is 0 Å². The molecule has 0 atom stereocenters. The first-order valence-corrected chi connectivity index (χ1v) is 6.15. The maximum atomic E-state index is 5.41. The summed E-state index contributed by atoms with van der Waals surface area (Å²) >= 11 is 0. The molecular formula is C11H26N4. The Kier molecular flexibility index (Phi) is 6.92. The SMILES string of the molecule is CN1CCC(NCCNCCCN)CC1. The minimum absolute atomic E-state index is 0.734. The van der Waals surface area contributed by atoms with Gasteiger partial charge in [0.05, 0.1) is 0 Å². The van der Waals surface area contributed by atoms with E-state index in [4.69, 9.17) is 5.73 Å². The molecule has 1 fully saturated rings. The summed E-state index contributed by atoms with van der Waals surface area (Å²) in [6.45, 7) is 6.45. The second-order valence-corrected chi connectivity index (χ2v) is 4.42. The maximum Gasteiger partial charge on any atom is 0.00919 e. The van der Waals surface area contributed by atoms with Crippen LogP contribution in [0.3, 0.4) is 0 Å². The first-order valence-electron chi connectivity index (χ1n) is 6.15. The fourth-order valence-corrected chi connectivity index (χ4v) is 1.93. The zero-order valence-corrected chi connectivity index (χ0v) is 9.97. The third-order valence-corrected chi connectivity index (χ3v) is 3.01. The monoisotopic (exact) mass is 214 g/mol. The van der Waals surface area contributed by atoms with Crippen molar-refractivity contribution >= 4 is 0 Å². The number of rotatable bonds is 7. The molecule has 0 spiro atoms. The zero-order chi connectivity index (χ0) is 10.9. The van der Waals surface area contributed by atoms with Gasteiger partial charge in [-0.3, -0.25) is 0 Å². The Hall–Kier alpha value is -0.160. The Balaban J connectivity index is 1.87. The molecule has 0 aromatic rings. The van der Waals surface area contributed by atoms with E-state index in [1.165, 1.54) is 25.9 Å². The summed E-state index contributed by atoms with van der Waals surface area (Å²) in [5, 5.41) is 6.98. The van der Waals surface area contributed by atoms with Crippen molar-refractivity contribution in [3.63, 3.8) is 0 Å². The van der Waals surface area contributed by atoms with Crippen molar-refractivity contribution in [2.24, 2.45) is 5.73 Å². The minimum Gasteiger partial charge on any atom is -0.330 e. The Morgan fingerprint density at radius 2 is 1.93 bits per heavy atom. The molecule has 1 heterocycles. The summed E-state index contributed by atoms with van der Waals surface area (Å²) in [6, 6.07) is 0.734. The van der Waals surface area contributed by atoms with Crippen LogP contribution in [0.25, 0.3) is 0 Å². The van der Waals surface area contributed by atoms with Crippen molar-refractivity contribution in [2.75, 3.05) is 46.3 Å². The van der Waals surface area contributed by atoms with Crippen LogP contribution in [0.4, 0.5) is 0 Å². The second-order valence-electron chi connectivity index (χ2n) is 4.42. The van der Waals surface area contributed by atoms with Gasteiger partial charge in [0.1, 0.15) is 0 Å². The van der Waals surface area contributed by atoms with E-state index in [9.17, 15) is 0 Å². The summed E-state index contributed by atoms with van der Waals surface area (Å²) in [5.41, 5.74) is 5.41. The quantitative estimate of drug-likeness (QED) is 0.505. The number of nitrogens with two attached hydrogens (primary N) is 1. The Bertz CT molecular complexity index is 144. The highest BCUT2D eigenvalue weighted by Gasteiger charge is 2.14. The summed E-state index contributed by atoms with van der Waals surface area (Å²) in [7, 11) is 2.20. The maximum absolute atomic E-state index is 5.41. The van der Waals surface area contributed by atoms with Crippen LogP contribution in [0.1, 0.15) is 19.3 Å². The molecule has 4 N–H and O–H groups in total. The van der Waals surface area contributed by atoms with Crippen molar-refractivity contribution in [2.45, 2.75) is 25.3 Å². The second kappa shape index (κ2) is 8.05. The van der Waals surface area contributed by atoms with Gasteiger partial charge in [-0.05, 0) is 52.5 Å². The van der Waals surface area contributed by atoms with Gasteiger partial charge in [-0.25, -0.2) is 0 Å². The normalized spacial score (nSPS) is 19.6. The topological polar surface area (TPSA) is 53.3 Å². The molecule has 0 saturated carbocycles. The van der Waals surface area contributed by atoms with Crippen LogP contribution in [0.2, 0.25) is 0 Å². The smallest absolute Gasteiger partial charge is 0.00919 e. The Labute approximate surface area is 93.6 Å².